The number of nitrogens with one attached hydrogen (secondary N) is 1. The van der Waals surface area contributed by atoms with E-state index in [1.54, 1.807) is 18.2 Å². The van der Waals surface area contributed by atoms with Gasteiger partial charge >= 0.3 is 0 Å². The van der Waals surface area contributed by atoms with E-state index in [2.05, 4.69) is 9.71 Å². The summed E-state index contributed by atoms with van der Waals surface area (Å²) in [5.41, 5.74) is 2.36. The average molecular weight is 517 g/mol. The molecule has 0 unspecified atom stereocenters. The maximum Gasteiger partial charge on any atom is 0.240 e. The SMILES string of the molecule is O=C(Cc1cccc(-c2ccc(S(=O)(=O)NC(CO)CO)cc2)n1)C1(c2ccc3c(c2)OCO3)CC1.[HH].[HH].[HH]. The lowest BCUT2D eigenvalue weighted by Gasteiger charge is -2.15. The van der Waals surface area contributed by atoms with Crippen LogP contribution in [0, 0.1) is 0 Å². The van der Waals surface area contributed by atoms with E-state index < -0.39 is 34.7 Å². The first kappa shape index (κ1) is 24.4. The van der Waals surface area contributed by atoms with Crippen molar-refractivity contribution in [2.24, 2.45) is 0 Å². The number of aliphatic hydroxyl groups is 2. The van der Waals surface area contributed by atoms with Gasteiger partial charge in [-0.3, -0.25) is 9.78 Å². The number of carbonyl (C=O) groups excluding carboxylic acids is 1. The molecule has 0 bridgehead atoms. The molecule has 194 valence electrons. The van der Waals surface area contributed by atoms with Crippen LogP contribution in [0.2, 0.25) is 0 Å². The molecule has 36 heavy (non-hydrogen) atoms. The van der Waals surface area contributed by atoms with Crippen molar-refractivity contribution in [1.29, 1.82) is 0 Å². The minimum atomic E-state index is -3.90. The van der Waals surface area contributed by atoms with E-state index in [0.717, 1.165) is 18.4 Å². The number of carbonyl (C=O) groups is 1. The molecule has 1 saturated carbocycles. The lowest BCUT2D eigenvalue weighted by atomic mass is 9.88. The molecule has 3 aromatic rings. The van der Waals surface area contributed by atoms with Crippen molar-refractivity contribution >= 4 is 15.8 Å². The van der Waals surface area contributed by atoms with Crippen molar-refractivity contribution in [1.82, 2.24) is 9.71 Å². The van der Waals surface area contributed by atoms with Crippen LogP contribution in [0.3, 0.4) is 0 Å². The summed E-state index contributed by atoms with van der Waals surface area (Å²) in [4.78, 5) is 18.0. The topological polar surface area (TPSA) is 135 Å². The highest BCUT2D eigenvalue weighted by molar-refractivity contribution is 7.89. The van der Waals surface area contributed by atoms with Crippen LogP contribution in [-0.2, 0) is 26.7 Å². The second-order valence-corrected chi connectivity index (χ2v) is 10.7. The Morgan fingerprint density at radius 1 is 1.03 bits per heavy atom. The van der Waals surface area contributed by atoms with Gasteiger partial charge in [0, 0.05) is 22.0 Å². The molecule has 2 aromatic carbocycles. The number of ketones is 1. The summed E-state index contributed by atoms with van der Waals surface area (Å²) in [6.07, 6.45) is 1.74. The highest BCUT2D eigenvalue weighted by Gasteiger charge is 2.51. The Morgan fingerprint density at radius 3 is 2.44 bits per heavy atom. The van der Waals surface area contributed by atoms with Gasteiger partial charge < -0.3 is 19.7 Å². The van der Waals surface area contributed by atoms with Crippen molar-refractivity contribution in [2.45, 2.75) is 35.6 Å². The molecule has 2 aliphatic rings. The van der Waals surface area contributed by atoms with Gasteiger partial charge in [0.2, 0.25) is 16.8 Å². The molecule has 5 rings (SSSR count). The summed E-state index contributed by atoms with van der Waals surface area (Å²) in [5.74, 6) is 1.45. The van der Waals surface area contributed by atoms with Crippen LogP contribution < -0.4 is 14.2 Å². The molecule has 2 heterocycles. The first-order chi connectivity index (χ1) is 17.3. The Labute approximate surface area is 213 Å². The number of Topliss-reactive ketones (excluding diaryl/α,β-unsaturated/α-hetero) is 1. The van der Waals surface area contributed by atoms with Gasteiger partial charge in [-0.05, 0) is 54.8 Å². The highest BCUT2D eigenvalue weighted by atomic mass is 32.2. The van der Waals surface area contributed by atoms with Gasteiger partial charge in [-0.25, -0.2) is 13.1 Å². The zero-order chi connectivity index (χ0) is 25.3. The second-order valence-electron chi connectivity index (χ2n) is 8.97. The highest BCUT2D eigenvalue weighted by Crippen LogP contribution is 2.51. The normalized spacial score (nSPS) is 15.8. The van der Waals surface area contributed by atoms with Gasteiger partial charge in [0.25, 0.3) is 0 Å². The molecule has 1 fully saturated rings. The predicted octanol–water partition coefficient (Wildman–Crippen LogP) is 2.69. The van der Waals surface area contributed by atoms with Crippen molar-refractivity contribution in [2.75, 3.05) is 20.0 Å². The summed E-state index contributed by atoms with van der Waals surface area (Å²) in [5, 5.41) is 18.3. The van der Waals surface area contributed by atoms with Crippen LogP contribution >= 0.6 is 0 Å². The number of rotatable bonds is 10. The van der Waals surface area contributed by atoms with Crippen molar-refractivity contribution in [3.05, 3.63) is 71.9 Å². The largest absolute Gasteiger partial charge is 0.454 e. The third-order valence-corrected chi connectivity index (χ3v) is 8.12. The summed E-state index contributed by atoms with van der Waals surface area (Å²) in [6, 6.07) is 16.2. The number of pyridine rings is 1. The molecule has 10 heteroatoms. The van der Waals surface area contributed by atoms with Crippen LogP contribution in [0.25, 0.3) is 11.3 Å². The molecule has 9 nitrogen and oxygen atoms in total. The zero-order valence-electron chi connectivity index (χ0n) is 19.4. The predicted molar refractivity (Wildman–Crippen MR) is 136 cm³/mol. The van der Waals surface area contributed by atoms with Crippen molar-refractivity contribution in [3.8, 4) is 22.8 Å². The van der Waals surface area contributed by atoms with Gasteiger partial charge in [0.15, 0.2) is 11.5 Å². The number of hydrogen-bond acceptors (Lipinski definition) is 8. The van der Waals surface area contributed by atoms with Crippen LogP contribution in [-0.4, -0.2) is 55.4 Å². The lowest BCUT2D eigenvalue weighted by Crippen LogP contribution is -2.39. The molecule has 0 radical (unpaired) electrons. The molecule has 1 aliphatic heterocycles. The maximum absolute atomic E-state index is 13.3. The van der Waals surface area contributed by atoms with Gasteiger partial charge in [-0.1, -0.05) is 24.3 Å². The minimum absolute atomic E-state index is 0. The van der Waals surface area contributed by atoms with Gasteiger partial charge in [-0.15, -0.1) is 0 Å². The van der Waals surface area contributed by atoms with Crippen LogP contribution in [0.4, 0.5) is 0 Å². The first-order valence-electron chi connectivity index (χ1n) is 11.6. The van der Waals surface area contributed by atoms with Gasteiger partial charge in [-0.2, -0.15) is 0 Å². The summed E-state index contributed by atoms with van der Waals surface area (Å²) >= 11 is 0. The molecule has 0 saturated heterocycles. The number of nitrogens with zero attached hydrogens (tertiary/aromatic N) is 1. The monoisotopic (exact) mass is 516 g/mol. The fourth-order valence-corrected chi connectivity index (χ4v) is 5.56. The van der Waals surface area contributed by atoms with E-state index in [4.69, 9.17) is 19.7 Å². The Kier molecular flexibility index (Phi) is 6.52. The van der Waals surface area contributed by atoms with Crippen LogP contribution in [0.5, 0.6) is 11.5 Å². The van der Waals surface area contributed by atoms with Crippen LogP contribution in [0.1, 0.15) is 28.4 Å². The maximum atomic E-state index is 13.3. The summed E-state index contributed by atoms with van der Waals surface area (Å²) in [7, 11) is -3.90. The Hall–Kier alpha value is -3.31. The third-order valence-electron chi connectivity index (χ3n) is 6.58. The Morgan fingerprint density at radius 2 is 1.75 bits per heavy atom. The fraction of sp³-hybridized carbons (Fsp3) is 0.308. The number of hydrogen-bond donors (Lipinski definition) is 3. The fourth-order valence-electron chi connectivity index (χ4n) is 4.34. The number of fused-ring (bicyclic) bond motifs is 1. The lowest BCUT2D eigenvalue weighted by molar-refractivity contribution is -0.120. The molecular formula is C26H32N2O7S. The molecular weight excluding hydrogens is 484 g/mol. The van der Waals surface area contributed by atoms with E-state index >= 15 is 0 Å². The molecule has 0 atom stereocenters. The summed E-state index contributed by atoms with van der Waals surface area (Å²) in [6.45, 7) is -0.843. The number of aliphatic hydroxyl groups excluding tert-OH is 2. The molecule has 3 N–H and O–H groups in total. The number of ether oxygens (including phenoxy) is 2. The Bertz CT molecular complexity index is 1400. The smallest absolute Gasteiger partial charge is 0.240 e. The molecule has 1 aromatic heterocycles. The van der Waals surface area contributed by atoms with Gasteiger partial charge in [0.1, 0.15) is 5.78 Å². The van der Waals surface area contributed by atoms with E-state index in [1.807, 2.05) is 30.3 Å². The third kappa shape index (κ3) is 4.72. The van der Waals surface area contributed by atoms with Crippen molar-refractivity contribution in [3.63, 3.8) is 0 Å². The Balaban J connectivity index is 0.00000178. The van der Waals surface area contributed by atoms with E-state index in [1.165, 1.54) is 12.1 Å². The molecule has 1 aliphatic carbocycles. The first-order valence-corrected chi connectivity index (χ1v) is 13.1. The summed E-state index contributed by atoms with van der Waals surface area (Å²) < 4.78 is 38.0. The standard InChI is InChI=1S/C26H26N2O7S.3H2/c29-14-20(15-30)28-36(32,33)21-7-4-17(5-8-21)22-3-1-2-19(27-22)13-25(31)26(10-11-26)18-6-9-23-24(12-18)35-16-34-23;;;/h1-9,12,20,28-30H,10-11,13-16H2;3*1H. The van der Waals surface area contributed by atoms with E-state index in [0.29, 0.717) is 28.5 Å². The van der Waals surface area contributed by atoms with E-state index in [9.17, 15) is 13.2 Å². The quantitative estimate of drug-likeness (QED) is 0.374. The molecule has 0 amide bonds. The minimum Gasteiger partial charge on any atom is -0.454 e. The zero-order valence-corrected chi connectivity index (χ0v) is 20.2. The van der Waals surface area contributed by atoms with E-state index in [-0.39, 0.29) is 28.2 Å². The molecule has 0 spiro atoms. The second kappa shape index (κ2) is 9.62. The number of aromatic nitrogens is 1. The van der Waals surface area contributed by atoms with Crippen LogP contribution in [0.15, 0.2) is 65.6 Å². The number of benzene rings is 2. The average Bonchev–Trinajstić information content (AvgIpc) is 3.58. The number of sulfonamides is 1. The van der Waals surface area contributed by atoms with Crippen molar-refractivity contribution < 1.29 is 37.2 Å². The van der Waals surface area contributed by atoms with Gasteiger partial charge in [0.05, 0.1) is 35.3 Å².